The number of alkyl halides is 3. The summed E-state index contributed by atoms with van der Waals surface area (Å²) in [6.07, 6.45) is -6.91. The first-order valence-electron chi connectivity index (χ1n) is 14.1. The minimum Gasteiger partial charge on any atom is -0.444 e. The summed E-state index contributed by atoms with van der Waals surface area (Å²) in [5.74, 6) is -5.77. The maximum Gasteiger partial charge on any atom is 0.439 e. The van der Waals surface area contributed by atoms with Crippen molar-refractivity contribution >= 4 is 23.6 Å². The number of benzene rings is 1. The zero-order valence-corrected chi connectivity index (χ0v) is 24.7. The Labute approximate surface area is 250 Å². The molecule has 4 rings (SSSR count). The van der Waals surface area contributed by atoms with E-state index >= 15 is 0 Å². The molecule has 3 N–H and O–H groups in total. The van der Waals surface area contributed by atoms with Gasteiger partial charge in [0, 0.05) is 44.7 Å². The molecule has 10 nitrogen and oxygen atoms in total. The van der Waals surface area contributed by atoms with Crippen LogP contribution in [0.2, 0.25) is 0 Å². The molecule has 0 aromatic heterocycles. The molecule has 3 aliphatic heterocycles. The number of allylic oxidation sites excluding steroid dienone is 1. The molecule has 3 unspecified atom stereocenters. The number of rotatable bonds is 7. The van der Waals surface area contributed by atoms with Crippen LogP contribution in [0, 0.1) is 17.5 Å². The molecule has 2 saturated heterocycles. The highest BCUT2D eigenvalue weighted by Gasteiger charge is 2.54. The standard InChI is InChI=1S/C28H34F6N6O4/c1-27(2,3)44-26(43)36-16(9-15-10-18(30)19(31)12-17(15)29)11-22(41)20-13-35-14-21-23(28(32,33)34)37-24(40(20)21)25(42)39-7-5-38(4)6-8-39/h10,12,16,20,35H,5-9,11,13-14H2,1-4H3,(H,36,43)/p+1. The van der Waals surface area contributed by atoms with Crippen molar-refractivity contribution in [2.75, 3.05) is 46.3 Å². The van der Waals surface area contributed by atoms with Crippen LogP contribution in [-0.2, 0) is 20.7 Å². The van der Waals surface area contributed by atoms with Crippen molar-refractivity contribution in [2.45, 2.75) is 57.5 Å². The van der Waals surface area contributed by atoms with Crippen LogP contribution in [-0.4, -0.2) is 104 Å². The maximum atomic E-state index is 14.5. The van der Waals surface area contributed by atoms with Crippen LogP contribution < -0.4 is 15.5 Å². The SMILES string of the molecule is CN1CCN(C(=O)C2=NC(C(F)(F)F)=C3CNCC(C(=O)CC(Cc4cc(F)c(F)cc4F)NC(=O)OC(C)(C)C)[NH+]23)CC1. The predicted octanol–water partition coefficient (Wildman–Crippen LogP) is 1.32. The number of ketones is 1. The quantitative estimate of drug-likeness (QED) is 0.309. The van der Waals surface area contributed by atoms with E-state index in [1.54, 1.807) is 20.8 Å². The molecule has 0 radical (unpaired) electrons. The molecule has 0 spiro atoms. The number of amidine groups is 1. The van der Waals surface area contributed by atoms with E-state index in [2.05, 4.69) is 15.6 Å². The number of likely N-dealkylation sites (N-methyl/N-ethyl adjacent to an activating group) is 1. The van der Waals surface area contributed by atoms with Gasteiger partial charge >= 0.3 is 18.2 Å². The molecular weight excluding hydrogens is 598 g/mol. The van der Waals surface area contributed by atoms with Crippen LogP contribution in [0.4, 0.5) is 31.1 Å². The normalized spacial score (nSPS) is 22.0. The van der Waals surface area contributed by atoms with Crippen molar-refractivity contribution < 1.29 is 50.4 Å². The molecule has 1 aromatic carbocycles. The summed E-state index contributed by atoms with van der Waals surface area (Å²) in [5.41, 5.74) is -2.88. The second-order valence-corrected chi connectivity index (χ2v) is 12.1. The molecule has 0 aliphatic carbocycles. The highest BCUT2D eigenvalue weighted by atomic mass is 19.4. The highest BCUT2D eigenvalue weighted by Crippen LogP contribution is 2.30. The number of hydrogen-bond donors (Lipinski definition) is 3. The van der Waals surface area contributed by atoms with Gasteiger partial charge in [-0.1, -0.05) is 0 Å². The molecule has 0 bridgehead atoms. The molecule has 16 heteroatoms. The smallest absolute Gasteiger partial charge is 0.439 e. The maximum absolute atomic E-state index is 14.5. The number of nitrogens with one attached hydrogen (secondary N) is 3. The van der Waals surface area contributed by atoms with Crippen molar-refractivity contribution in [1.82, 2.24) is 20.4 Å². The lowest BCUT2D eigenvalue weighted by atomic mass is 9.95. The van der Waals surface area contributed by atoms with E-state index in [1.807, 2.05) is 11.9 Å². The van der Waals surface area contributed by atoms with Gasteiger partial charge in [-0.05, 0) is 45.9 Å². The summed E-state index contributed by atoms with van der Waals surface area (Å²) in [5, 5.41) is 5.22. The number of carbonyl (C=O) groups excluding carboxylic acids is 3. The van der Waals surface area contributed by atoms with E-state index in [9.17, 15) is 40.7 Å². The summed E-state index contributed by atoms with van der Waals surface area (Å²) >= 11 is 0. The van der Waals surface area contributed by atoms with Gasteiger partial charge in [-0.2, -0.15) is 18.2 Å². The Morgan fingerprint density at radius 1 is 1.07 bits per heavy atom. The summed E-state index contributed by atoms with van der Waals surface area (Å²) in [6, 6.07) is -1.57. The molecule has 3 heterocycles. The number of ether oxygens (including phenoxy) is 1. The van der Waals surface area contributed by atoms with Gasteiger partial charge in [-0.25, -0.2) is 22.9 Å². The summed E-state index contributed by atoms with van der Waals surface area (Å²) in [6.45, 7) is 5.86. The zero-order chi connectivity index (χ0) is 32.6. The second-order valence-electron chi connectivity index (χ2n) is 12.1. The van der Waals surface area contributed by atoms with Gasteiger partial charge in [0.05, 0.1) is 13.1 Å². The van der Waals surface area contributed by atoms with E-state index in [1.165, 1.54) is 4.90 Å². The first kappa shape index (κ1) is 33.4. The van der Waals surface area contributed by atoms with E-state index < -0.39 is 83.5 Å². The number of aliphatic imine (C=N–C) groups is 1. The Morgan fingerprint density at radius 3 is 2.32 bits per heavy atom. The number of carbonyl (C=O) groups is 3. The third-order valence-electron chi connectivity index (χ3n) is 7.46. The number of halogens is 6. The van der Waals surface area contributed by atoms with Gasteiger partial charge in [0.15, 0.2) is 29.2 Å². The number of fused-ring (bicyclic) bond motifs is 1. The van der Waals surface area contributed by atoms with E-state index in [4.69, 9.17) is 4.74 Å². The minimum absolute atomic E-state index is 0.128. The van der Waals surface area contributed by atoms with Crippen molar-refractivity contribution in [3.8, 4) is 0 Å². The molecular formula is C28H35F6N6O4+. The van der Waals surface area contributed by atoms with Crippen molar-refractivity contribution in [3.05, 3.63) is 46.5 Å². The summed E-state index contributed by atoms with van der Waals surface area (Å²) in [7, 11) is 1.85. The van der Waals surface area contributed by atoms with Crippen LogP contribution in [0.1, 0.15) is 32.8 Å². The molecule has 3 atom stereocenters. The molecule has 3 aliphatic rings. The molecule has 2 amide bonds. The van der Waals surface area contributed by atoms with Crippen LogP contribution in [0.25, 0.3) is 0 Å². The number of nitrogens with zero attached hydrogens (tertiary/aromatic N) is 3. The average molecular weight is 634 g/mol. The third kappa shape index (κ3) is 7.77. The third-order valence-corrected chi connectivity index (χ3v) is 7.46. The fourth-order valence-corrected chi connectivity index (χ4v) is 5.36. The molecule has 242 valence electrons. The van der Waals surface area contributed by atoms with Crippen LogP contribution in [0.3, 0.4) is 0 Å². The Morgan fingerprint density at radius 2 is 1.70 bits per heavy atom. The topological polar surface area (TPSA) is 108 Å². The molecule has 2 fully saturated rings. The van der Waals surface area contributed by atoms with Crippen LogP contribution in [0.5, 0.6) is 0 Å². The zero-order valence-electron chi connectivity index (χ0n) is 24.7. The Kier molecular flexibility index (Phi) is 9.75. The second kappa shape index (κ2) is 12.9. The number of amides is 2. The predicted molar refractivity (Wildman–Crippen MR) is 145 cm³/mol. The number of Topliss-reactive ketones (excluding diaryl/α,β-unsaturated/α-hetero) is 1. The molecule has 1 aromatic rings. The van der Waals surface area contributed by atoms with Crippen LogP contribution in [0.15, 0.2) is 28.5 Å². The lowest BCUT2D eigenvalue weighted by Gasteiger charge is -2.35. The van der Waals surface area contributed by atoms with Gasteiger partial charge in [0.1, 0.15) is 11.4 Å². The van der Waals surface area contributed by atoms with Gasteiger partial charge in [0.2, 0.25) is 5.70 Å². The molecule has 0 saturated carbocycles. The average Bonchev–Trinajstić information content (AvgIpc) is 3.31. The van der Waals surface area contributed by atoms with Crippen molar-refractivity contribution in [2.24, 2.45) is 4.99 Å². The van der Waals surface area contributed by atoms with Gasteiger partial charge in [0.25, 0.3) is 5.84 Å². The van der Waals surface area contributed by atoms with E-state index in [0.717, 1.165) is 0 Å². The van der Waals surface area contributed by atoms with Crippen LogP contribution >= 0.6 is 0 Å². The number of hydrogen-bond acceptors (Lipinski definition) is 7. The largest absolute Gasteiger partial charge is 0.444 e. The minimum atomic E-state index is -4.90. The monoisotopic (exact) mass is 633 g/mol. The van der Waals surface area contributed by atoms with Gasteiger partial charge in [-0.15, -0.1) is 0 Å². The number of quaternary nitrogens is 1. The fraction of sp³-hybridized carbons (Fsp3) is 0.571. The molecule has 44 heavy (non-hydrogen) atoms. The van der Waals surface area contributed by atoms with Crippen molar-refractivity contribution in [1.29, 1.82) is 0 Å². The highest BCUT2D eigenvalue weighted by molar-refractivity contribution is 6.35. The Balaban J connectivity index is 1.63. The fourth-order valence-electron chi connectivity index (χ4n) is 5.36. The van der Waals surface area contributed by atoms with Gasteiger partial charge < -0.3 is 25.2 Å². The first-order chi connectivity index (χ1) is 20.4. The van der Waals surface area contributed by atoms with Crippen molar-refractivity contribution in [3.63, 3.8) is 0 Å². The summed E-state index contributed by atoms with van der Waals surface area (Å²) < 4.78 is 89.4. The Hall–Kier alpha value is -3.50. The number of alkyl carbamates (subject to hydrolysis) is 1. The van der Waals surface area contributed by atoms with E-state index in [0.29, 0.717) is 25.2 Å². The summed E-state index contributed by atoms with van der Waals surface area (Å²) in [4.78, 5) is 46.8. The number of piperazine rings is 2. The first-order valence-corrected chi connectivity index (χ1v) is 14.1. The van der Waals surface area contributed by atoms with Gasteiger partial charge in [-0.3, -0.25) is 9.59 Å². The lowest BCUT2D eigenvalue weighted by molar-refractivity contribution is -0.781. The van der Waals surface area contributed by atoms with E-state index in [-0.39, 0.29) is 42.3 Å². The lowest BCUT2D eigenvalue weighted by Crippen LogP contribution is -3.20. The Bertz CT molecular complexity index is 1370.